The summed E-state index contributed by atoms with van der Waals surface area (Å²) >= 11 is 10.6. The Morgan fingerprint density at radius 3 is 2.08 bits per heavy atom. The number of alkyl halides is 2. The molecule has 1 aliphatic heterocycles. The van der Waals surface area contributed by atoms with Crippen LogP contribution in [0.4, 0.5) is 5.69 Å². The normalized spacial score (nSPS) is 28.4. The predicted octanol–water partition coefficient (Wildman–Crippen LogP) is 4.38. The molecule has 2 bridgehead atoms. The molecule has 1 saturated heterocycles. The number of hydrogen-bond acceptors (Lipinski definition) is 6. The van der Waals surface area contributed by atoms with Gasteiger partial charge in [-0.2, -0.15) is 5.01 Å². The van der Waals surface area contributed by atoms with Crippen molar-refractivity contribution < 1.29 is 24.1 Å². The molecule has 2 aromatic rings. The predicted molar refractivity (Wildman–Crippen MR) is 138 cm³/mol. The topological polar surface area (TPSA) is 118 Å². The number of benzene rings is 2. The minimum atomic E-state index is -0.965. The van der Waals surface area contributed by atoms with Gasteiger partial charge < -0.3 is 0 Å². The second-order valence-electron chi connectivity index (χ2n) is 9.06. The molecular weight excluding hydrogens is 666 g/mol. The van der Waals surface area contributed by atoms with Crippen LogP contribution in [0, 0.1) is 33.8 Å². The van der Waals surface area contributed by atoms with Gasteiger partial charge in [-0.25, -0.2) is 5.01 Å². The molecule has 6 atom stereocenters. The van der Waals surface area contributed by atoms with E-state index in [0.29, 0.717) is 6.42 Å². The van der Waals surface area contributed by atoms with Crippen molar-refractivity contribution in [3.8, 4) is 0 Å². The average Bonchev–Trinajstić information content (AvgIpc) is 3.47. The highest BCUT2D eigenvalue weighted by atomic mass is 79.9. The first kappa shape index (κ1) is 25.2. The fraction of sp³-hybridized carbons (Fsp3) is 0.333. The van der Waals surface area contributed by atoms with Crippen molar-refractivity contribution in [2.24, 2.45) is 23.7 Å². The molecule has 0 spiro atoms. The van der Waals surface area contributed by atoms with Gasteiger partial charge in [0.15, 0.2) is 5.78 Å². The molecule has 3 amide bonds. The van der Waals surface area contributed by atoms with E-state index >= 15 is 0 Å². The first-order valence-electron chi connectivity index (χ1n) is 11.1. The van der Waals surface area contributed by atoms with Gasteiger partial charge in [-0.3, -0.25) is 29.3 Å². The van der Waals surface area contributed by atoms with E-state index in [4.69, 9.17) is 0 Å². The fourth-order valence-corrected chi connectivity index (χ4v) is 7.76. The molecule has 12 heteroatoms. The lowest BCUT2D eigenvalue weighted by molar-refractivity contribution is -0.385. The standard InChI is InChI=1S/C24H18Br3N3O6/c25-12-7-5-11(6-8-12)17(31)10-28(22(32)13-3-1-2-4-16(13)30(35)36)29-23(33)18-14-9-15(19(18)24(29)34)21(27)20(14)26/h1-8,14-15,18-21H,9-10H2/t14-,15-,18-,19+,20-,21+/m1/s1. The van der Waals surface area contributed by atoms with Gasteiger partial charge in [-0.1, -0.05) is 72.1 Å². The number of hydrogen-bond donors (Lipinski definition) is 0. The van der Waals surface area contributed by atoms with Crippen LogP contribution in [0.1, 0.15) is 27.1 Å². The van der Waals surface area contributed by atoms with Crippen LogP contribution in [0.15, 0.2) is 53.0 Å². The summed E-state index contributed by atoms with van der Waals surface area (Å²) in [5, 5.41) is 13.1. The molecule has 36 heavy (non-hydrogen) atoms. The van der Waals surface area contributed by atoms with Gasteiger partial charge in [0.05, 0.1) is 16.8 Å². The van der Waals surface area contributed by atoms with Crippen molar-refractivity contribution in [2.45, 2.75) is 16.1 Å². The Morgan fingerprint density at radius 2 is 1.53 bits per heavy atom. The summed E-state index contributed by atoms with van der Waals surface area (Å²) in [6.07, 6.45) is 0.697. The Labute approximate surface area is 230 Å². The van der Waals surface area contributed by atoms with E-state index in [0.717, 1.165) is 20.6 Å². The number of hydrazine groups is 1. The molecule has 2 saturated carbocycles. The molecule has 3 aliphatic rings. The van der Waals surface area contributed by atoms with E-state index in [-0.39, 0.29) is 32.6 Å². The summed E-state index contributed by atoms with van der Waals surface area (Å²) in [7, 11) is 0. The smallest absolute Gasteiger partial charge is 0.282 e. The van der Waals surface area contributed by atoms with Crippen LogP contribution < -0.4 is 0 Å². The molecule has 0 unspecified atom stereocenters. The number of halogens is 3. The molecule has 5 rings (SSSR count). The van der Waals surface area contributed by atoms with Crippen molar-refractivity contribution >= 4 is 77.0 Å². The van der Waals surface area contributed by atoms with E-state index in [9.17, 15) is 29.3 Å². The molecule has 0 N–H and O–H groups in total. The number of nitro groups is 1. The summed E-state index contributed by atoms with van der Waals surface area (Å²) in [6, 6.07) is 11.7. The van der Waals surface area contributed by atoms with Crippen molar-refractivity contribution in [1.29, 1.82) is 0 Å². The van der Waals surface area contributed by atoms with E-state index in [1.807, 2.05) is 0 Å². The lowest BCUT2D eigenvalue weighted by Crippen LogP contribution is -2.52. The number of nitrogens with zero attached hydrogens (tertiary/aromatic N) is 3. The van der Waals surface area contributed by atoms with E-state index in [2.05, 4.69) is 47.8 Å². The van der Waals surface area contributed by atoms with Crippen LogP contribution in [0.2, 0.25) is 0 Å². The van der Waals surface area contributed by atoms with E-state index < -0.39 is 52.5 Å². The Hall–Kier alpha value is -2.44. The molecule has 2 aliphatic carbocycles. The highest BCUT2D eigenvalue weighted by Crippen LogP contribution is 2.60. The van der Waals surface area contributed by atoms with Gasteiger partial charge >= 0.3 is 0 Å². The van der Waals surface area contributed by atoms with E-state index in [1.165, 1.54) is 18.2 Å². The zero-order chi connectivity index (χ0) is 25.9. The maximum absolute atomic E-state index is 13.7. The highest BCUT2D eigenvalue weighted by molar-refractivity contribution is 9.12. The van der Waals surface area contributed by atoms with Crippen LogP contribution in [0.5, 0.6) is 0 Å². The monoisotopic (exact) mass is 681 g/mol. The summed E-state index contributed by atoms with van der Waals surface area (Å²) in [5.74, 6) is -4.05. The number of amides is 3. The van der Waals surface area contributed by atoms with Crippen molar-refractivity contribution in [3.63, 3.8) is 0 Å². The number of carbonyl (C=O) groups excluding carboxylic acids is 4. The third kappa shape index (κ3) is 3.93. The van der Waals surface area contributed by atoms with Crippen LogP contribution >= 0.6 is 47.8 Å². The third-order valence-electron chi connectivity index (χ3n) is 7.23. The number of rotatable bonds is 6. The minimum absolute atomic E-state index is 0.00999. The Balaban J connectivity index is 1.55. The number of para-hydroxylation sites is 1. The molecule has 2 aromatic carbocycles. The Bertz CT molecular complexity index is 1270. The van der Waals surface area contributed by atoms with Gasteiger partial charge in [-0.15, -0.1) is 0 Å². The second kappa shape index (κ2) is 9.46. The Morgan fingerprint density at radius 1 is 0.972 bits per heavy atom. The first-order valence-corrected chi connectivity index (χ1v) is 13.7. The van der Waals surface area contributed by atoms with Gasteiger partial charge in [0.25, 0.3) is 23.4 Å². The maximum atomic E-state index is 13.7. The average molecular weight is 684 g/mol. The lowest BCUT2D eigenvalue weighted by Gasteiger charge is -2.30. The molecule has 186 valence electrons. The molecule has 1 heterocycles. The number of imide groups is 1. The summed E-state index contributed by atoms with van der Waals surface area (Å²) in [5.41, 5.74) is -0.536. The van der Waals surface area contributed by atoms with Gasteiger partial charge in [-0.05, 0) is 36.5 Å². The minimum Gasteiger partial charge on any atom is -0.292 e. The van der Waals surface area contributed by atoms with Crippen molar-refractivity contribution in [3.05, 3.63) is 74.2 Å². The first-order chi connectivity index (χ1) is 17.1. The number of carbonyl (C=O) groups is 4. The van der Waals surface area contributed by atoms with Crippen LogP contribution in [0.3, 0.4) is 0 Å². The number of nitro benzene ring substituents is 1. The molecular formula is C24H18Br3N3O6. The number of ketones is 1. The zero-order valence-corrected chi connectivity index (χ0v) is 23.2. The third-order valence-corrected chi connectivity index (χ3v) is 11.0. The quantitative estimate of drug-likeness (QED) is 0.147. The second-order valence-corrected chi connectivity index (χ2v) is 12.1. The molecule has 9 nitrogen and oxygen atoms in total. The maximum Gasteiger partial charge on any atom is 0.282 e. The molecule has 3 fully saturated rings. The van der Waals surface area contributed by atoms with Gasteiger partial charge in [0, 0.05) is 25.8 Å². The summed E-state index contributed by atoms with van der Waals surface area (Å²) < 4.78 is 0.744. The van der Waals surface area contributed by atoms with Crippen molar-refractivity contribution in [2.75, 3.05) is 6.54 Å². The Kier molecular flexibility index (Phi) is 6.63. The van der Waals surface area contributed by atoms with Gasteiger partial charge in [0.1, 0.15) is 12.1 Å². The number of fused-ring (bicyclic) bond motifs is 5. The van der Waals surface area contributed by atoms with Crippen LogP contribution in [-0.2, 0) is 9.59 Å². The van der Waals surface area contributed by atoms with Crippen LogP contribution in [0.25, 0.3) is 0 Å². The summed E-state index contributed by atoms with van der Waals surface area (Å²) in [4.78, 5) is 65.0. The lowest BCUT2D eigenvalue weighted by atomic mass is 9.81. The zero-order valence-electron chi connectivity index (χ0n) is 18.4. The molecule has 0 radical (unpaired) electrons. The van der Waals surface area contributed by atoms with Gasteiger partial charge in [0.2, 0.25) is 0 Å². The van der Waals surface area contributed by atoms with Crippen LogP contribution in [-0.4, -0.2) is 54.6 Å². The SMILES string of the molecule is O=C(CN(C(=O)c1ccccc1[N+](=O)[O-])N1C(=O)[C@@H]2[C@H]3C[C@@H]([C@H](Br)[C@@H]3Br)[C@@H]2C1=O)c1ccc(Br)cc1. The molecule has 0 aromatic heterocycles. The number of Topliss-reactive ketones (excluding diaryl/α,β-unsaturated/α-hetero) is 1. The summed E-state index contributed by atoms with van der Waals surface area (Å²) in [6.45, 7) is -0.631. The highest BCUT2D eigenvalue weighted by Gasteiger charge is 2.67. The van der Waals surface area contributed by atoms with Crippen molar-refractivity contribution in [1.82, 2.24) is 10.0 Å². The fourth-order valence-electron chi connectivity index (χ4n) is 5.62. The largest absolute Gasteiger partial charge is 0.292 e. The van der Waals surface area contributed by atoms with E-state index in [1.54, 1.807) is 24.3 Å².